The van der Waals surface area contributed by atoms with Gasteiger partial charge in [-0.2, -0.15) is 5.10 Å². The lowest BCUT2D eigenvalue weighted by molar-refractivity contribution is -0.116. The van der Waals surface area contributed by atoms with E-state index in [2.05, 4.69) is 25.7 Å². The van der Waals surface area contributed by atoms with Crippen molar-refractivity contribution in [3.05, 3.63) is 71.9 Å². The summed E-state index contributed by atoms with van der Waals surface area (Å²) in [5, 5.41) is 19.1. The number of para-hydroxylation sites is 1. The van der Waals surface area contributed by atoms with Crippen LogP contribution >= 0.6 is 0 Å². The van der Waals surface area contributed by atoms with Crippen molar-refractivity contribution in [1.29, 1.82) is 0 Å². The molecule has 11 heteroatoms. The molecule has 2 aromatic carbocycles. The molecule has 1 saturated heterocycles. The molecular formula is C26H26N8O3. The zero-order chi connectivity index (χ0) is 25.2. The zero-order valence-electron chi connectivity index (χ0n) is 20.3. The first-order valence-corrected chi connectivity index (χ1v) is 12.2. The number of aromatic nitrogens is 4. The predicted octanol–water partition coefficient (Wildman–Crippen LogP) is 3.02. The summed E-state index contributed by atoms with van der Waals surface area (Å²) < 4.78 is 13.3. The molecule has 1 fully saturated rings. The Morgan fingerprint density at radius 2 is 1.81 bits per heavy atom. The van der Waals surface area contributed by atoms with Crippen LogP contribution in [0.15, 0.2) is 70.2 Å². The van der Waals surface area contributed by atoms with Gasteiger partial charge >= 0.3 is 6.01 Å². The van der Waals surface area contributed by atoms with Crippen molar-refractivity contribution < 1.29 is 13.9 Å². The van der Waals surface area contributed by atoms with Crippen LogP contribution in [0.4, 0.5) is 17.5 Å². The molecular weight excluding hydrogens is 472 g/mol. The van der Waals surface area contributed by atoms with E-state index in [9.17, 15) is 4.79 Å². The van der Waals surface area contributed by atoms with Gasteiger partial charge in [-0.3, -0.25) is 9.48 Å². The Labute approximate surface area is 213 Å². The SMILES string of the molecule is CCn1cc(-c2nnc(N[C@H]3N=C(c4ccccc4)c4ccccc4NC3=O)o2)c(N2CCOCC2)n1. The Morgan fingerprint density at radius 1 is 1.03 bits per heavy atom. The molecule has 11 nitrogen and oxygen atoms in total. The van der Waals surface area contributed by atoms with Crippen LogP contribution < -0.4 is 15.5 Å². The standard InChI is InChI=1S/C26H26N8O3/c1-2-34-16-19(23(32-34)33-12-14-36-15-13-33)25-30-31-26(37-25)29-22-24(35)27-20-11-7-6-10-18(20)21(28-22)17-8-4-3-5-9-17/h3-11,16,22H,2,12-15H2,1H3,(H,27,35)(H,29,31)/t22-/m1/s1. The van der Waals surface area contributed by atoms with E-state index in [4.69, 9.17) is 19.2 Å². The summed E-state index contributed by atoms with van der Waals surface area (Å²) in [6.07, 6.45) is 0.913. The summed E-state index contributed by atoms with van der Waals surface area (Å²) in [5.74, 6) is 0.756. The number of benzodiazepines with no additional fused rings is 1. The number of morpholine rings is 1. The van der Waals surface area contributed by atoms with Gasteiger partial charge in [-0.25, -0.2) is 4.99 Å². The monoisotopic (exact) mass is 498 g/mol. The second-order valence-corrected chi connectivity index (χ2v) is 8.66. The maximum Gasteiger partial charge on any atom is 0.317 e. The third kappa shape index (κ3) is 4.56. The number of rotatable bonds is 6. The molecule has 0 aliphatic carbocycles. The molecule has 4 heterocycles. The average Bonchev–Trinajstić information content (AvgIpc) is 3.56. The van der Waals surface area contributed by atoms with Gasteiger partial charge in [-0.1, -0.05) is 53.6 Å². The molecule has 2 aliphatic rings. The van der Waals surface area contributed by atoms with Crippen LogP contribution in [-0.4, -0.2) is 64.1 Å². The summed E-state index contributed by atoms with van der Waals surface area (Å²) in [6.45, 7) is 5.45. The van der Waals surface area contributed by atoms with Gasteiger partial charge in [0.15, 0.2) is 5.82 Å². The summed E-state index contributed by atoms with van der Waals surface area (Å²) >= 11 is 0. The first-order chi connectivity index (χ1) is 18.2. The largest absolute Gasteiger partial charge is 0.403 e. The molecule has 0 radical (unpaired) electrons. The molecule has 37 heavy (non-hydrogen) atoms. The number of benzene rings is 2. The van der Waals surface area contributed by atoms with Crippen molar-refractivity contribution in [3.63, 3.8) is 0 Å². The molecule has 4 aromatic rings. The van der Waals surface area contributed by atoms with Crippen molar-refractivity contribution in [2.24, 2.45) is 4.99 Å². The Hall–Kier alpha value is -4.51. The lowest BCUT2D eigenvalue weighted by atomic mass is 10.0. The average molecular weight is 499 g/mol. The second-order valence-electron chi connectivity index (χ2n) is 8.66. The summed E-state index contributed by atoms with van der Waals surface area (Å²) in [7, 11) is 0. The van der Waals surface area contributed by atoms with Crippen LogP contribution in [0.3, 0.4) is 0 Å². The Kier molecular flexibility index (Phi) is 6.11. The number of aliphatic imine (C=N–C) groups is 1. The highest BCUT2D eigenvalue weighted by atomic mass is 16.5. The second kappa shape index (κ2) is 9.86. The van der Waals surface area contributed by atoms with E-state index in [1.165, 1.54) is 0 Å². The number of carbonyl (C=O) groups excluding carboxylic acids is 1. The number of carbonyl (C=O) groups is 1. The van der Waals surface area contributed by atoms with Crippen LogP contribution in [0.5, 0.6) is 0 Å². The van der Waals surface area contributed by atoms with Crippen molar-refractivity contribution in [2.75, 3.05) is 41.8 Å². The number of hydrogen-bond acceptors (Lipinski definition) is 9. The van der Waals surface area contributed by atoms with Crippen LogP contribution in [0.25, 0.3) is 11.5 Å². The molecule has 6 rings (SSSR count). The fraction of sp³-hybridized carbons (Fsp3) is 0.269. The number of ether oxygens (including phenoxy) is 1. The number of nitrogens with one attached hydrogen (secondary N) is 2. The van der Waals surface area contributed by atoms with Crippen LogP contribution in [-0.2, 0) is 16.1 Å². The van der Waals surface area contributed by atoms with Crippen LogP contribution in [0.2, 0.25) is 0 Å². The van der Waals surface area contributed by atoms with Gasteiger partial charge in [0, 0.05) is 37.0 Å². The topological polar surface area (TPSA) is 123 Å². The molecule has 0 unspecified atom stereocenters. The summed E-state index contributed by atoms with van der Waals surface area (Å²) in [4.78, 5) is 20.1. The Balaban J connectivity index is 1.32. The van der Waals surface area contributed by atoms with Gasteiger partial charge in [0.05, 0.1) is 24.6 Å². The van der Waals surface area contributed by atoms with Gasteiger partial charge in [0.1, 0.15) is 5.56 Å². The van der Waals surface area contributed by atoms with E-state index in [-0.39, 0.29) is 11.9 Å². The number of anilines is 3. The lowest BCUT2D eigenvalue weighted by Crippen LogP contribution is -2.36. The maximum atomic E-state index is 13.1. The Morgan fingerprint density at radius 3 is 2.62 bits per heavy atom. The molecule has 2 aliphatic heterocycles. The first kappa shape index (κ1) is 22.9. The highest BCUT2D eigenvalue weighted by Crippen LogP contribution is 2.31. The minimum atomic E-state index is -0.979. The van der Waals surface area contributed by atoms with Gasteiger partial charge < -0.3 is 24.7 Å². The van der Waals surface area contributed by atoms with Gasteiger partial charge in [-0.15, -0.1) is 5.10 Å². The summed E-state index contributed by atoms with van der Waals surface area (Å²) in [6, 6.07) is 17.4. The fourth-order valence-electron chi connectivity index (χ4n) is 4.42. The molecule has 2 aromatic heterocycles. The van der Waals surface area contributed by atoms with E-state index in [0.29, 0.717) is 37.0 Å². The van der Waals surface area contributed by atoms with Gasteiger partial charge in [0.25, 0.3) is 11.8 Å². The maximum absolute atomic E-state index is 13.1. The van der Waals surface area contributed by atoms with Crippen molar-refractivity contribution in [3.8, 4) is 11.5 Å². The van der Waals surface area contributed by atoms with Crippen LogP contribution in [0, 0.1) is 0 Å². The normalized spacial score (nSPS) is 17.5. The van der Waals surface area contributed by atoms with Crippen molar-refractivity contribution in [1.82, 2.24) is 20.0 Å². The third-order valence-corrected chi connectivity index (χ3v) is 6.29. The molecule has 0 bridgehead atoms. The lowest BCUT2D eigenvalue weighted by Gasteiger charge is -2.27. The van der Waals surface area contributed by atoms with Crippen molar-refractivity contribution in [2.45, 2.75) is 19.6 Å². The highest BCUT2D eigenvalue weighted by molar-refractivity contribution is 6.19. The number of amides is 1. The number of nitrogens with zero attached hydrogens (tertiary/aromatic N) is 6. The quantitative estimate of drug-likeness (QED) is 0.416. The van der Waals surface area contributed by atoms with Crippen LogP contribution in [0.1, 0.15) is 18.1 Å². The summed E-state index contributed by atoms with van der Waals surface area (Å²) in [5.41, 5.74) is 3.83. The zero-order valence-corrected chi connectivity index (χ0v) is 20.3. The van der Waals surface area contributed by atoms with Gasteiger partial charge in [0.2, 0.25) is 6.17 Å². The third-order valence-electron chi connectivity index (χ3n) is 6.29. The molecule has 188 valence electrons. The molecule has 2 N–H and O–H groups in total. The minimum absolute atomic E-state index is 0.0921. The van der Waals surface area contributed by atoms with Crippen molar-refractivity contribution >= 4 is 29.1 Å². The predicted molar refractivity (Wildman–Crippen MR) is 139 cm³/mol. The molecule has 0 saturated carbocycles. The number of fused-ring (bicyclic) bond motifs is 1. The minimum Gasteiger partial charge on any atom is -0.403 e. The van der Waals surface area contributed by atoms with E-state index in [1.807, 2.05) is 72.4 Å². The van der Waals surface area contributed by atoms with E-state index >= 15 is 0 Å². The van der Waals surface area contributed by atoms with E-state index in [0.717, 1.165) is 35.6 Å². The molecule has 1 amide bonds. The number of aryl methyl sites for hydroxylation is 1. The fourth-order valence-corrected chi connectivity index (χ4v) is 4.42. The smallest absolute Gasteiger partial charge is 0.317 e. The molecule has 0 spiro atoms. The van der Waals surface area contributed by atoms with E-state index < -0.39 is 6.17 Å². The Bertz CT molecular complexity index is 1440. The first-order valence-electron chi connectivity index (χ1n) is 12.2. The highest BCUT2D eigenvalue weighted by Gasteiger charge is 2.28. The number of hydrogen-bond donors (Lipinski definition) is 2. The van der Waals surface area contributed by atoms with Gasteiger partial charge in [-0.05, 0) is 13.0 Å². The molecule has 1 atom stereocenters. The van der Waals surface area contributed by atoms with E-state index in [1.54, 1.807) is 0 Å².